The molecule has 0 unspecified atom stereocenters. The summed E-state index contributed by atoms with van der Waals surface area (Å²) in [6.07, 6.45) is 0. The molecule has 4 heteroatoms. The average molecular weight is 721 g/mol. The van der Waals surface area contributed by atoms with Gasteiger partial charge in [0.15, 0.2) is 5.82 Å². The number of benzene rings is 7. The van der Waals surface area contributed by atoms with E-state index in [1.807, 2.05) is 42.5 Å². The van der Waals surface area contributed by atoms with Gasteiger partial charge in [-0.3, -0.25) is 0 Å². The van der Waals surface area contributed by atoms with E-state index >= 15 is 0 Å². The summed E-state index contributed by atoms with van der Waals surface area (Å²) in [7, 11) is 0. The lowest BCUT2D eigenvalue weighted by Gasteiger charge is -2.24. The monoisotopic (exact) mass is 720 g/mol. The molecule has 0 N–H and O–H groups in total. The highest BCUT2D eigenvalue weighted by molar-refractivity contribution is 6.13. The van der Waals surface area contributed by atoms with E-state index in [2.05, 4.69) is 131 Å². The Morgan fingerprint density at radius 2 is 1.04 bits per heavy atom. The summed E-state index contributed by atoms with van der Waals surface area (Å²) in [5, 5.41) is 4.00. The van der Waals surface area contributed by atoms with Gasteiger partial charge in [0.05, 0.1) is 16.6 Å². The van der Waals surface area contributed by atoms with E-state index in [0.717, 1.165) is 60.7 Å². The van der Waals surface area contributed by atoms with E-state index in [9.17, 15) is 0 Å². The van der Waals surface area contributed by atoms with E-state index in [1.165, 1.54) is 50.1 Å². The van der Waals surface area contributed by atoms with E-state index in [1.54, 1.807) is 0 Å². The van der Waals surface area contributed by atoms with E-state index < -0.39 is 0 Å². The lowest BCUT2D eigenvalue weighted by molar-refractivity contribution is 0.652. The molecule has 0 bridgehead atoms. The topological polar surface area (TPSA) is 52.1 Å². The molecule has 0 fully saturated rings. The molecule has 7 aromatic carbocycles. The molecule has 3 aromatic heterocycles. The zero-order valence-electron chi connectivity index (χ0n) is 31.6. The fourth-order valence-electron chi connectivity index (χ4n) is 9.83. The maximum absolute atomic E-state index is 6.67. The Balaban J connectivity index is 0.995. The van der Waals surface area contributed by atoms with Crippen molar-refractivity contribution >= 4 is 44.0 Å². The van der Waals surface area contributed by atoms with Crippen molar-refractivity contribution in [2.45, 2.75) is 38.5 Å². The minimum absolute atomic E-state index is 0.0519. The summed E-state index contributed by atoms with van der Waals surface area (Å²) >= 11 is 0. The van der Waals surface area contributed by atoms with Gasteiger partial charge >= 0.3 is 0 Å². The SMILES string of the molecule is CC1(C)c2ccccc2-c2cc3c(cc21)-c1cc(-c2ccc4oc5c(-c6nc(-c7ccccc7)c7c(n6)oc6ccccc67)cccc5c4c2)ccc1C3(C)C. The number of fused-ring (bicyclic) bond motifs is 12. The van der Waals surface area contributed by atoms with Crippen molar-refractivity contribution < 1.29 is 8.83 Å². The molecule has 2 aliphatic rings. The van der Waals surface area contributed by atoms with Crippen molar-refractivity contribution in [3.63, 3.8) is 0 Å². The molecule has 0 saturated heterocycles. The van der Waals surface area contributed by atoms with Crippen molar-refractivity contribution in [3.8, 4) is 56.0 Å². The Morgan fingerprint density at radius 3 is 1.88 bits per heavy atom. The lowest BCUT2D eigenvalue weighted by atomic mass is 9.79. The van der Waals surface area contributed by atoms with Gasteiger partial charge in [-0.15, -0.1) is 0 Å². The van der Waals surface area contributed by atoms with E-state index in [4.69, 9.17) is 18.8 Å². The minimum Gasteiger partial charge on any atom is -0.455 e. The number of rotatable bonds is 3. The van der Waals surface area contributed by atoms with Crippen LogP contribution in [0, 0.1) is 0 Å². The van der Waals surface area contributed by atoms with Crippen LogP contribution in [0.1, 0.15) is 49.9 Å². The molecular weight excluding hydrogens is 685 g/mol. The van der Waals surface area contributed by atoms with Crippen LogP contribution in [0.2, 0.25) is 0 Å². The highest BCUT2D eigenvalue weighted by atomic mass is 16.3. The molecule has 0 atom stereocenters. The number of nitrogens with zero attached hydrogens (tertiary/aromatic N) is 2. The van der Waals surface area contributed by atoms with Crippen LogP contribution >= 0.6 is 0 Å². The summed E-state index contributed by atoms with van der Waals surface area (Å²) in [5.41, 5.74) is 18.8. The largest absolute Gasteiger partial charge is 0.455 e. The standard InChI is InChI=1S/C52H36N2O2/c1-51(2)40-19-10-8-15-32(40)37-27-43-38(28-42(37)51)36-25-30(21-23-41(36)52(43,3)4)31-22-24-45-39(26-31)33-17-12-18-35(48(33)55-45)49-53-47(29-13-6-5-7-14-29)46-34-16-9-11-20-44(34)56-50(46)54-49/h5-28H,1-4H3. The average Bonchev–Trinajstić information content (AvgIpc) is 3.92. The molecule has 0 spiro atoms. The fraction of sp³-hybridized carbons (Fsp3) is 0.115. The van der Waals surface area contributed by atoms with Gasteiger partial charge in [-0.2, -0.15) is 4.98 Å². The second-order valence-corrected chi connectivity index (χ2v) is 16.5. The summed E-state index contributed by atoms with van der Waals surface area (Å²) in [4.78, 5) is 10.2. The number of aromatic nitrogens is 2. The zero-order chi connectivity index (χ0) is 37.5. The normalized spacial score (nSPS) is 14.7. The number of hydrogen-bond donors (Lipinski definition) is 0. The summed E-state index contributed by atoms with van der Waals surface area (Å²) < 4.78 is 13.0. The van der Waals surface area contributed by atoms with Gasteiger partial charge in [-0.25, -0.2) is 4.98 Å². The molecule has 3 heterocycles. The number of hydrogen-bond acceptors (Lipinski definition) is 4. The maximum Gasteiger partial charge on any atom is 0.231 e. The molecule has 56 heavy (non-hydrogen) atoms. The van der Waals surface area contributed by atoms with Gasteiger partial charge in [0.25, 0.3) is 0 Å². The quantitative estimate of drug-likeness (QED) is 0.182. The predicted octanol–water partition coefficient (Wildman–Crippen LogP) is 13.9. The summed E-state index contributed by atoms with van der Waals surface area (Å²) in [6.45, 7) is 9.47. The smallest absolute Gasteiger partial charge is 0.231 e. The number of furan rings is 2. The van der Waals surface area contributed by atoms with E-state index in [0.29, 0.717) is 11.5 Å². The first-order valence-corrected chi connectivity index (χ1v) is 19.4. The van der Waals surface area contributed by atoms with Crippen LogP contribution in [0.4, 0.5) is 0 Å². The molecule has 0 amide bonds. The third kappa shape index (κ3) is 4.19. The van der Waals surface area contributed by atoms with Crippen LogP contribution in [-0.4, -0.2) is 9.97 Å². The van der Waals surface area contributed by atoms with Crippen molar-refractivity contribution in [2.75, 3.05) is 0 Å². The second kappa shape index (κ2) is 10.9. The third-order valence-electron chi connectivity index (χ3n) is 12.7. The molecular formula is C52H36N2O2. The predicted molar refractivity (Wildman–Crippen MR) is 228 cm³/mol. The van der Waals surface area contributed by atoms with Crippen LogP contribution < -0.4 is 0 Å². The first kappa shape index (κ1) is 31.6. The van der Waals surface area contributed by atoms with E-state index in [-0.39, 0.29) is 10.8 Å². The Morgan fingerprint density at radius 1 is 0.411 bits per heavy atom. The van der Waals surface area contributed by atoms with Crippen LogP contribution in [0.5, 0.6) is 0 Å². The Hall–Kier alpha value is -6.78. The second-order valence-electron chi connectivity index (χ2n) is 16.5. The van der Waals surface area contributed by atoms with Crippen molar-refractivity contribution in [3.05, 3.63) is 168 Å². The fourth-order valence-corrected chi connectivity index (χ4v) is 9.83. The molecule has 0 saturated carbocycles. The van der Waals surface area contributed by atoms with Crippen molar-refractivity contribution in [1.29, 1.82) is 0 Å². The summed E-state index contributed by atoms with van der Waals surface area (Å²) in [6, 6.07) is 52.1. The molecule has 2 aliphatic carbocycles. The minimum atomic E-state index is -0.102. The molecule has 12 rings (SSSR count). The third-order valence-corrected chi connectivity index (χ3v) is 12.7. The Kier molecular flexibility index (Phi) is 6.15. The lowest BCUT2D eigenvalue weighted by Crippen LogP contribution is -2.16. The van der Waals surface area contributed by atoms with Gasteiger partial charge in [-0.05, 0) is 98.1 Å². The Labute approximate surface area is 324 Å². The highest BCUT2D eigenvalue weighted by Gasteiger charge is 2.41. The molecule has 10 aromatic rings. The first-order chi connectivity index (χ1) is 27.3. The Bertz CT molecular complexity index is 3310. The van der Waals surface area contributed by atoms with Gasteiger partial charge in [0, 0.05) is 32.6 Å². The zero-order valence-corrected chi connectivity index (χ0v) is 31.6. The van der Waals surface area contributed by atoms with Gasteiger partial charge in [0.2, 0.25) is 5.71 Å². The highest BCUT2D eigenvalue weighted by Crippen LogP contribution is 2.56. The van der Waals surface area contributed by atoms with Crippen LogP contribution in [-0.2, 0) is 10.8 Å². The first-order valence-electron chi connectivity index (χ1n) is 19.4. The number of para-hydroxylation sites is 2. The maximum atomic E-state index is 6.67. The van der Waals surface area contributed by atoms with Gasteiger partial charge in [0.1, 0.15) is 16.7 Å². The molecule has 0 radical (unpaired) electrons. The van der Waals surface area contributed by atoms with Crippen LogP contribution in [0.3, 0.4) is 0 Å². The van der Waals surface area contributed by atoms with Crippen molar-refractivity contribution in [1.82, 2.24) is 9.97 Å². The van der Waals surface area contributed by atoms with Gasteiger partial charge < -0.3 is 8.83 Å². The molecule has 0 aliphatic heterocycles. The molecule has 4 nitrogen and oxygen atoms in total. The van der Waals surface area contributed by atoms with Crippen LogP contribution in [0.25, 0.3) is 100 Å². The van der Waals surface area contributed by atoms with Crippen LogP contribution in [0.15, 0.2) is 154 Å². The molecule has 266 valence electrons. The van der Waals surface area contributed by atoms with Crippen molar-refractivity contribution in [2.24, 2.45) is 0 Å². The van der Waals surface area contributed by atoms with Gasteiger partial charge in [-0.1, -0.05) is 131 Å². The summed E-state index contributed by atoms with van der Waals surface area (Å²) in [5.74, 6) is 0.568.